The molecular weight excluding hydrogens is 382 g/mol. The zero-order chi connectivity index (χ0) is 17.4. The van der Waals surface area contributed by atoms with Crippen molar-refractivity contribution in [3.63, 3.8) is 0 Å². The third-order valence-electron chi connectivity index (χ3n) is 3.64. The summed E-state index contributed by atoms with van der Waals surface area (Å²) in [5, 5.41) is 0.550. The van der Waals surface area contributed by atoms with Gasteiger partial charge in [-0.3, -0.25) is 0 Å². The van der Waals surface area contributed by atoms with Gasteiger partial charge in [0.05, 0.1) is 24.2 Å². The number of halogens is 3. The Labute approximate surface area is 144 Å². The predicted molar refractivity (Wildman–Crippen MR) is 91.8 cm³/mol. The molecule has 4 N–H and O–H groups in total. The molecule has 0 aliphatic rings. The van der Waals surface area contributed by atoms with Gasteiger partial charge < -0.3 is 16.2 Å². The van der Waals surface area contributed by atoms with Crippen molar-refractivity contribution in [1.29, 1.82) is 0 Å². The van der Waals surface area contributed by atoms with Crippen LogP contribution in [0.4, 0.5) is 20.2 Å². The molecular formula is C16H13BrF2N4O. The molecule has 0 unspecified atom stereocenters. The third kappa shape index (κ3) is 2.84. The summed E-state index contributed by atoms with van der Waals surface area (Å²) >= 11 is 3.04. The van der Waals surface area contributed by atoms with Crippen molar-refractivity contribution in [2.24, 2.45) is 0 Å². The molecule has 2 heterocycles. The van der Waals surface area contributed by atoms with Crippen LogP contribution in [0.3, 0.4) is 0 Å². The van der Waals surface area contributed by atoms with Crippen molar-refractivity contribution in [2.75, 3.05) is 18.6 Å². The highest BCUT2D eigenvalue weighted by atomic mass is 79.9. The van der Waals surface area contributed by atoms with Gasteiger partial charge in [0.25, 0.3) is 0 Å². The van der Waals surface area contributed by atoms with Gasteiger partial charge in [0.1, 0.15) is 11.6 Å². The monoisotopic (exact) mass is 394 g/mol. The Hall–Kier alpha value is -2.48. The average molecular weight is 395 g/mol. The molecule has 0 bridgehead atoms. The number of methoxy groups -OCH3 is 1. The SMILES string of the molecule is COc1ccc2c(N)c(N)c(Cc3c(F)cc(Br)cc3F)nc2n1. The van der Waals surface area contributed by atoms with E-state index < -0.39 is 11.6 Å². The molecule has 0 fully saturated rings. The summed E-state index contributed by atoms with van der Waals surface area (Å²) in [5.41, 5.74) is 12.9. The third-order valence-corrected chi connectivity index (χ3v) is 4.10. The molecule has 124 valence electrons. The quantitative estimate of drug-likeness (QED) is 0.710. The molecule has 8 heteroatoms. The van der Waals surface area contributed by atoms with Crippen molar-refractivity contribution in [2.45, 2.75) is 6.42 Å². The average Bonchev–Trinajstić information content (AvgIpc) is 2.54. The lowest BCUT2D eigenvalue weighted by atomic mass is 10.0. The highest BCUT2D eigenvalue weighted by molar-refractivity contribution is 9.10. The molecule has 2 aromatic heterocycles. The molecule has 0 spiro atoms. The van der Waals surface area contributed by atoms with E-state index in [1.54, 1.807) is 12.1 Å². The zero-order valence-electron chi connectivity index (χ0n) is 12.6. The van der Waals surface area contributed by atoms with Gasteiger partial charge in [-0.2, -0.15) is 4.98 Å². The molecule has 1 aromatic carbocycles. The summed E-state index contributed by atoms with van der Waals surface area (Å²) in [5.74, 6) is -1.04. The summed E-state index contributed by atoms with van der Waals surface area (Å²) in [4.78, 5) is 8.50. The lowest BCUT2D eigenvalue weighted by Gasteiger charge is -2.12. The summed E-state index contributed by atoms with van der Waals surface area (Å²) in [7, 11) is 1.47. The van der Waals surface area contributed by atoms with Crippen LogP contribution in [0.1, 0.15) is 11.3 Å². The van der Waals surface area contributed by atoms with Gasteiger partial charge in [0.2, 0.25) is 5.88 Å². The number of anilines is 2. The Bertz CT molecular complexity index is 926. The normalized spacial score (nSPS) is 11.0. The molecule has 0 aliphatic heterocycles. The van der Waals surface area contributed by atoms with E-state index in [2.05, 4.69) is 25.9 Å². The fraction of sp³-hybridized carbons (Fsp3) is 0.125. The van der Waals surface area contributed by atoms with Crippen LogP contribution in [0.15, 0.2) is 28.7 Å². The highest BCUT2D eigenvalue weighted by Gasteiger charge is 2.17. The Balaban J connectivity index is 2.14. The first kappa shape index (κ1) is 16.4. The van der Waals surface area contributed by atoms with E-state index in [4.69, 9.17) is 16.2 Å². The smallest absolute Gasteiger partial charge is 0.215 e. The number of ether oxygens (including phenoxy) is 1. The van der Waals surface area contributed by atoms with Crippen LogP contribution in [0, 0.1) is 11.6 Å². The van der Waals surface area contributed by atoms with Crippen LogP contribution in [-0.4, -0.2) is 17.1 Å². The summed E-state index contributed by atoms with van der Waals surface area (Å²) in [6, 6.07) is 5.68. The molecule has 0 saturated heterocycles. The van der Waals surface area contributed by atoms with Crippen LogP contribution in [0.5, 0.6) is 5.88 Å². The van der Waals surface area contributed by atoms with E-state index in [0.29, 0.717) is 21.4 Å². The van der Waals surface area contributed by atoms with Gasteiger partial charge in [-0.1, -0.05) is 15.9 Å². The molecule has 0 aliphatic carbocycles. The number of rotatable bonds is 3. The summed E-state index contributed by atoms with van der Waals surface area (Å²) in [6.07, 6.45) is -0.143. The number of fused-ring (bicyclic) bond motifs is 1. The second-order valence-electron chi connectivity index (χ2n) is 5.14. The van der Waals surface area contributed by atoms with Gasteiger partial charge in [-0.25, -0.2) is 13.8 Å². The summed E-state index contributed by atoms with van der Waals surface area (Å²) in [6.45, 7) is 0. The van der Waals surface area contributed by atoms with Crippen molar-refractivity contribution in [3.8, 4) is 5.88 Å². The van der Waals surface area contributed by atoms with Crippen LogP contribution >= 0.6 is 15.9 Å². The molecule has 0 saturated carbocycles. The van der Waals surface area contributed by atoms with Crippen molar-refractivity contribution < 1.29 is 13.5 Å². The van der Waals surface area contributed by atoms with Gasteiger partial charge in [0, 0.05) is 27.9 Å². The maximum atomic E-state index is 14.1. The van der Waals surface area contributed by atoms with Crippen molar-refractivity contribution in [3.05, 3.63) is 51.6 Å². The molecule has 0 amide bonds. The minimum atomic E-state index is -0.694. The van der Waals surface area contributed by atoms with Crippen LogP contribution < -0.4 is 16.2 Å². The number of nitrogens with two attached hydrogens (primary N) is 2. The Morgan fingerprint density at radius 3 is 2.38 bits per heavy atom. The van der Waals surface area contributed by atoms with Crippen LogP contribution in [0.2, 0.25) is 0 Å². The second kappa shape index (κ2) is 6.20. The van der Waals surface area contributed by atoms with Crippen LogP contribution in [0.25, 0.3) is 11.0 Å². The fourth-order valence-corrected chi connectivity index (χ4v) is 2.77. The molecule has 5 nitrogen and oxygen atoms in total. The minimum absolute atomic E-state index is 0.140. The lowest BCUT2D eigenvalue weighted by molar-refractivity contribution is 0.399. The minimum Gasteiger partial charge on any atom is -0.481 e. The van der Waals surface area contributed by atoms with E-state index in [0.717, 1.165) is 0 Å². The van der Waals surface area contributed by atoms with E-state index in [9.17, 15) is 8.78 Å². The first-order valence-corrected chi connectivity index (χ1v) is 7.72. The molecule has 0 atom stereocenters. The van der Waals surface area contributed by atoms with Gasteiger partial charge >= 0.3 is 0 Å². The number of nitrogen functional groups attached to an aromatic ring is 2. The standard InChI is InChI=1S/C16H13BrF2N4O/c1-24-13-3-2-8-14(20)15(21)12(22-16(8)23-13)6-9-10(18)4-7(17)5-11(9)19/h2-5H,6,21H2,1H3,(H2,20,22,23). The molecule has 3 aromatic rings. The number of nitrogens with zero attached hydrogens (tertiary/aromatic N) is 2. The predicted octanol–water partition coefficient (Wildman–Crippen LogP) is 3.43. The number of hydrogen-bond donors (Lipinski definition) is 2. The number of hydrogen-bond acceptors (Lipinski definition) is 5. The Morgan fingerprint density at radius 2 is 1.75 bits per heavy atom. The van der Waals surface area contributed by atoms with E-state index >= 15 is 0 Å². The van der Waals surface area contributed by atoms with Crippen molar-refractivity contribution in [1.82, 2.24) is 9.97 Å². The molecule has 0 radical (unpaired) electrons. The first-order valence-electron chi connectivity index (χ1n) is 6.92. The highest BCUT2D eigenvalue weighted by Crippen LogP contribution is 2.31. The second-order valence-corrected chi connectivity index (χ2v) is 6.05. The maximum absolute atomic E-state index is 14.1. The lowest BCUT2D eigenvalue weighted by Crippen LogP contribution is -2.07. The first-order chi connectivity index (χ1) is 11.4. The summed E-state index contributed by atoms with van der Waals surface area (Å²) < 4.78 is 33.5. The number of pyridine rings is 2. The fourth-order valence-electron chi connectivity index (χ4n) is 2.37. The largest absolute Gasteiger partial charge is 0.481 e. The number of benzene rings is 1. The van der Waals surface area contributed by atoms with Crippen molar-refractivity contribution >= 4 is 38.3 Å². The van der Waals surface area contributed by atoms with Crippen LogP contribution in [-0.2, 0) is 6.42 Å². The van der Waals surface area contributed by atoms with E-state index in [1.807, 2.05) is 0 Å². The zero-order valence-corrected chi connectivity index (χ0v) is 14.2. The van der Waals surface area contributed by atoms with Gasteiger partial charge in [-0.05, 0) is 18.2 Å². The van der Waals surface area contributed by atoms with Gasteiger partial charge in [0.15, 0.2) is 5.65 Å². The topological polar surface area (TPSA) is 87.0 Å². The molecule has 3 rings (SSSR count). The Kier molecular flexibility index (Phi) is 4.23. The van der Waals surface area contributed by atoms with E-state index in [1.165, 1.54) is 19.2 Å². The molecule has 24 heavy (non-hydrogen) atoms. The van der Waals surface area contributed by atoms with Gasteiger partial charge in [-0.15, -0.1) is 0 Å². The maximum Gasteiger partial charge on any atom is 0.215 e. The number of aromatic nitrogens is 2. The van der Waals surface area contributed by atoms with E-state index in [-0.39, 0.29) is 29.1 Å². The Morgan fingerprint density at radius 1 is 1.08 bits per heavy atom.